The molecular formula is C22H15ClF3N3O. The van der Waals surface area contributed by atoms with Gasteiger partial charge in [-0.25, -0.2) is 13.2 Å². The van der Waals surface area contributed by atoms with E-state index in [2.05, 4.69) is 15.5 Å². The Morgan fingerprint density at radius 3 is 2.47 bits per heavy atom. The first-order chi connectivity index (χ1) is 14.4. The van der Waals surface area contributed by atoms with Gasteiger partial charge in [0.05, 0.1) is 0 Å². The number of nitrogens with one attached hydrogen (secondary N) is 1. The average molecular weight is 430 g/mol. The van der Waals surface area contributed by atoms with Crippen molar-refractivity contribution in [1.82, 2.24) is 10.2 Å². The Hall–Kier alpha value is -3.32. The van der Waals surface area contributed by atoms with E-state index in [0.717, 1.165) is 6.07 Å². The summed E-state index contributed by atoms with van der Waals surface area (Å²) in [4.78, 5) is 0. The van der Waals surface area contributed by atoms with Gasteiger partial charge in [-0.2, -0.15) is 0 Å². The summed E-state index contributed by atoms with van der Waals surface area (Å²) in [6, 6.07) is 13.4. The van der Waals surface area contributed by atoms with Crippen LogP contribution < -0.4 is 5.32 Å². The lowest BCUT2D eigenvalue weighted by atomic mass is 10.1. The first-order valence-corrected chi connectivity index (χ1v) is 9.35. The van der Waals surface area contributed by atoms with Crippen LogP contribution in [0.2, 0.25) is 5.02 Å². The molecule has 4 aromatic rings. The minimum Gasteiger partial charge on any atom is -0.418 e. The molecule has 3 aromatic carbocycles. The number of nitrogens with zero attached hydrogens (tertiary/aromatic N) is 2. The second-order valence-electron chi connectivity index (χ2n) is 6.66. The first-order valence-electron chi connectivity index (χ1n) is 8.97. The fourth-order valence-corrected chi connectivity index (χ4v) is 3.22. The Labute approximate surface area is 175 Å². The van der Waals surface area contributed by atoms with Crippen molar-refractivity contribution in [2.75, 3.05) is 5.32 Å². The molecule has 1 aromatic heterocycles. The number of rotatable bonds is 5. The van der Waals surface area contributed by atoms with Gasteiger partial charge in [-0.05, 0) is 55.0 Å². The molecule has 1 N–H and O–H groups in total. The zero-order valence-electron chi connectivity index (χ0n) is 15.7. The summed E-state index contributed by atoms with van der Waals surface area (Å²) in [5.74, 6) is -1.14. The molecule has 4 nitrogen and oxygen atoms in total. The lowest BCUT2D eigenvalue weighted by Gasteiger charge is -2.18. The Balaban J connectivity index is 1.76. The van der Waals surface area contributed by atoms with E-state index in [1.807, 2.05) is 0 Å². The molecule has 0 saturated heterocycles. The fraction of sp³-hybridized carbons (Fsp3) is 0.0909. The Morgan fingerprint density at radius 2 is 1.73 bits per heavy atom. The molecule has 0 bridgehead atoms. The van der Waals surface area contributed by atoms with Crippen LogP contribution in [0.5, 0.6) is 0 Å². The smallest absolute Gasteiger partial charge is 0.247 e. The van der Waals surface area contributed by atoms with E-state index in [1.165, 1.54) is 36.4 Å². The van der Waals surface area contributed by atoms with Crippen LogP contribution in [-0.4, -0.2) is 10.2 Å². The molecule has 0 spiro atoms. The summed E-state index contributed by atoms with van der Waals surface area (Å²) in [7, 11) is 0. The lowest BCUT2D eigenvalue weighted by molar-refractivity contribution is 0.493. The van der Waals surface area contributed by atoms with Crippen molar-refractivity contribution >= 4 is 17.3 Å². The third-order valence-electron chi connectivity index (χ3n) is 4.52. The van der Waals surface area contributed by atoms with Gasteiger partial charge in [0.2, 0.25) is 11.8 Å². The van der Waals surface area contributed by atoms with Gasteiger partial charge in [-0.15, -0.1) is 10.2 Å². The van der Waals surface area contributed by atoms with E-state index in [0.29, 0.717) is 22.4 Å². The van der Waals surface area contributed by atoms with Crippen LogP contribution in [-0.2, 0) is 0 Å². The van der Waals surface area contributed by atoms with E-state index in [-0.39, 0.29) is 16.8 Å². The van der Waals surface area contributed by atoms with Crippen LogP contribution in [0.1, 0.15) is 23.1 Å². The van der Waals surface area contributed by atoms with Crippen LogP contribution in [0.4, 0.5) is 18.9 Å². The van der Waals surface area contributed by atoms with Gasteiger partial charge in [-0.1, -0.05) is 29.8 Å². The van der Waals surface area contributed by atoms with E-state index in [4.69, 9.17) is 16.0 Å². The maximum absolute atomic E-state index is 14.0. The molecule has 1 heterocycles. The highest BCUT2D eigenvalue weighted by molar-refractivity contribution is 6.31. The third kappa shape index (κ3) is 4.16. The molecular weight excluding hydrogens is 415 g/mol. The van der Waals surface area contributed by atoms with Crippen molar-refractivity contribution in [3.05, 3.63) is 100 Å². The van der Waals surface area contributed by atoms with E-state index >= 15 is 0 Å². The number of hydrogen-bond acceptors (Lipinski definition) is 4. The van der Waals surface area contributed by atoms with Gasteiger partial charge >= 0.3 is 0 Å². The summed E-state index contributed by atoms with van der Waals surface area (Å²) in [6.07, 6.45) is 0. The summed E-state index contributed by atoms with van der Waals surface area (Å²) in [6.45, 7) is 1.65. The van der Waals surface area contributed by atoms with Crippen molar-refractivity contribution in [2.24, 2.45) is 0 Å². The number of hydrogen-bond donors (Lipinski definition) is 1. The normalized spacial score (nSPS) is 12.0. The first kappa shape index (κ1) is 20.0. The maximum Gasteiger partial charge on any atom is 0.247 e. The van der Waals surface area contributed by atoms with Gasteiger partial charge in [-0.3, -0.25) is 0 Å². The predicted molar refractivity (Wildman–Crippen MR) is 108 cm³/mol. The molecule has 0 saturated carbocycles. The highest BCUT2D eigenvalue weighted by atomic mass is 35.5. The van der Waals surface area contributed by atoms with E-state index in [9.17, 15) is 13.2 Å². The number of anilines is 1. The summed E-state index contributed by atoms with van der Waals surface area (Å²) < 4.78 is 46.9. The average Bonchev–Trinajstić information content (AvgIpc) is 3.19. The maximum atomic E-state index is 14.0. The highest BCUT2D eigenvalue weighted by Gasteiger charge is 2.24. The van der Waals surface area contributed by atoms with Crippen molar-refractivity contribution < 1.29 is 17.6 Å². The minimum atomic E-state index is -0.796. The number of aromatic nitrogens is 2. The van der Waals surface area contributed by atoms with Crippen molar-refractivity contribution in [3.8, 4) is 11.5 Å². The van der Waals surface area contributed by atoms with Crippen LogP contribution in [0.3, 0.4) is 0 Å². The molecule has 0 aliphatic heterocycles. The van der Waals surface area contributed by atoms with Crippen molar-refractivity contribution in [3.63, 3.8) is 0 Å². The summed E-state index contributed by atoms with van der Waals surface area (Å²) >= 11 is 6.25. The van der Waals surface area contributed by atoms with Crippen molar-refractivity contribution in [2.45, 2.75) is 13.0 Å². The molecule has 1 atom stereocenters. The van der Waals surface area contributed by atoms with E-state index in [1.54, 1.807) is 25.1 Å². The predicted octanol–water partition coefficient (Wildman–Crippen LogP) is 6.32. The Morgan fingerprint density at radius 1 is 0.933 bits per heavy atom. The Bertz CT molecular complexity index is 1210. The molecule has 8 heteroatoms. The quantitative estimate of drug-likeness (QED) is 0.403. The second-order valence-corrected chi connectivity index (χ2v) is 7.07. The van der Waals surface area contributed by atoms with Crippen molar-refractivity contribution in [1.29, 1.82) is 0 Å². The molecule has 152 valence electrons. The Kier molecular flexibility index (Phi) is 5.46. The molecule has 0 aliphatic rings. The molecule has 4 rings (SSSR count). The molecule has 0 unspecified atom stereocenters. The zero-order chi connectivity index (χ0) is 21.3. The van der Waals surface area contributed by atoms with E-state index < -0.39 is 23.5 Å². The van der Waals surface area contributed by atoms with Gasteiger partial charge in [0.25, 0.3) is 0 Å². The number of halogens is 4. The zero-order valence-corrected chi connectivity index (χ0v) is 16.4. The SMILES string of the molecule is Cc1ccc(N[C@@H](c2nnc(-c3cccc(F)c3)o2)c2ccc(F)cc2Cl)cc1F. The fourth-order valence-electron chi connectivity index (χ4n) is 2.95. The molecule has 30 heavy (non-hydrogen) atoms. The van der Waals surface area contributed by atoms with Gasteiger partial charge in [0.1, 0.15) is 23.5 Å². The summed E-state index contributed by atoms with van der Waals surface area (Å²) in [5.41, 5.74) is 1.78. The topological polar surface area (TPSA) is 51.0 Å². The molecule has 0 aliphatic carbocycles. The number of aryl methyl sites for hydroxylation is 1. The van der Waals surface area contributed by atoms with Gasteiger partial charge in [0.15, 0.2) is 0 Å². The molecule has 0 fully saturated rings. The standard InChI is InChI=1S/C22H15ClF3N3O/c1-12-5-7-16(11-19(12)26)27-20(17-8-6-15(25)10-18(17)23)22-29-28-21(30-22)13-3-2-4-14(24)9-13/h2-11,20,27H,1H3/t20-/m1/s1. The molecule has 0 radical (unpaired) electrons. The van der Waals surface area contributed by atoms with Gasteiger partial charge < -0.3 is 9.73 Å². The number of benzene rings is 3. The second kappa shape index (κ2) is 8.20. The van der Waals surface area contributed by atoms with Gasteiger partial charge in [0, 0.05) is 21.8 Å². The highest BCUT2D eigenvalue weighted by Crippen LogP contribution is 2.33. The molecule has 0 amide bonds. The minimum absolute atomic E-state index is 0.101. The van der Waals surface area contributed by atoms with Crippen LogP contribution in [0.15, 0.2) is 65.1 Å². The van der Waals surface area contributed by atoms with Crippen LogP contribution in [0, 0.1) is 24.4 Å². The third-order valence-corrected chi connectivity index (χ3v) is 4.84. The van der Waals surface area contributed by atoms with Crippen LogP contribution >= 0.6 is 11.6 Å². The lowest BCUT2D eigenvalue weighted by Crippen LogP contribution is -2.14. The summed E-state index contributed by atoms with van der Waals surface area (Å²) in [5, 5.41) is 11.3. The largest absolute Gasteiger partial charge is 0.418 e. The monoisotopic (exact) mass is 429 g/mol. The van der Waals surface area contributed by atoms with Crippen LogP contribution in [0.25, 0.3) is 11.5 Å².